The summed E-state index contributed by atoms with van der Waals surface area (Å²) >= 11 is 1.38. The van der Waals surface area contributed by atoms with Crippen LogP contribution in [-0.4, -0.2) is 136 Å². The van der Waals surface area contributed by atoms with E-state index in [9.17, 15) is 18.7 Å². The Morgan fingerprint density at radius 1 is 0.793 bits per heavy atom. The number of anilines is 3. The van der Waals surface area contributed by atoms with Crippen LogP contribution in [0.1, 0.15) is 47.3 Å². The molecule has 12 rings (SSSR count). The van der Waals surface area contributed by atoms with E-state index >= 15 is 8.78 Å². The number of amides is 1. The molecule has 1 amide bonds. The normalized spacial score (nSPS) is 21.5. The molecular formula is C55H53BF2N14O12P2S. The molecule has 1 unspecified atom stereocenters. The topological polar surface area (TPSA) is 315 Å². The molecule has 2 fully saturated rings. The summed E-state index contributed by atoms with van der Waals surface area (Å²) in [6, 6.07) is 29.2. The van der Waals surface area contributed by atoms with Crippen molar-refractivity contribution in [2.24, 2.45) is 0 Å². The van der Waals surface area contributed by atoms with Crippen LogP contribution in [0.5, 0.6) is 11.5 Å². The fraction of sp³-hybridized carbons (Fsp3) is 0.309. The number of imidazole rings is 2. The largest absolute Gasteiger partial charge is 0.492 e. The lowest BCUT2D eigenvalue weighted by Gasteiger charge is -2.28. The van der Waals surface area contributed by atoms with E-state index in [1.54, 1.807) is 53.2 Å². The van der Waals surface area contributed by atoms with Crippen molar-refractivity contribution in [3.05, 3.63) is 139 Å². The fourth-order valence-corrected chi connectivity index (χ4v) is 12.8. The second-order valence-corrected chi connectivity index (χ2v) is 23.5. The third kappa shape index (κ3) is 12.3. The number of hydrogen-bond donors (Lipinski definition) is 2. The molecule has 3 aliphatic rings. The summed E-state index contributed by atoms with van der Waals surface area (Å²) in [5, 5.41) is 9.15. The molecule has 87 heavy (non-hydrogen) atoms. The molecule has 2 saturated heterocycles. The zero-order valence-electron chi connectivity index (χ0n) is 46.3. The third-order valence-corrected chi connectivity index (χ3v) is 17.2. The van der Waals surface area contributed by atoms with E-state index in [1.165, 1.54) is 46.2 Å². The monoisotopic (exact) mass is 1240 g/mol. The smallest absolute Gasteiger partial charge is 0.343 e. The SMILES string of the molecule is BP(=O)(OC[C@H]1O[C@@H](n2cnc3c(N)ncnc32)[C@H](F)[C@@H]1OP=O)O[C@H]1[C@@H](F)[C@H](n2cnc3c(N)ncnc32)O[C@@H]1COCSCc1ccc(OC(=O)c2ccc(OCCn3nnc4c3-c3ccccc3N(C(=O)CC)Cc3ccccc3-4)cc2)cc1. The number of rotatable bonds is 22. The van der Waals surface area contributed by atoms with Gasteiger partial charge in [0.15, 0.2) is 47.7 Å². The van der Waals surface area contributed by atoms with Crippen molar-refractivity contribution in [1.29, 1.82) is 0 Å². The van der Waals surface area contributed by atoms with E-state index in [2.05, 4.69) is 40.2 Å². The number of para-hydroxylation sites is 1. The van der Waals surface area contributed by atoms with Gasteiger partial charge in [0.25, 0.3) is 15.0 Å². The molecule has 9 aromatic rings. The molecule has 32 heteroatoms. The van der Waals surface area contributed by atoms with Crippen molar-refractivity contribution < 1.29 is 64.8 Å². The summed E-state index contributed by atoms with van der Waals surface area (Å²) in [6.07, 6.45) is -7.03. The number of alkyl halides is 2. The predicted molar refractivity (Wildman–Crippen MR) is 314 cm³/mol. The minimum Gasteiger partial charge on any atom is -0.492 e. The Morgan fingerprint density at radius 2 is 1.43 bits per heavy atom. The zero-order valence-corrected chi connectivity index (χ0v) is 48.9. The number of carbonyl (C=O) groups excluding carboxylic acids is 2. The minimum absolute atomic E-state index is 0.00419. The molecule has 8 heterocycles. The molecule has 4 aromatic carbocycles. The lowest BCUT2D eigenvalue weighted by Crippen LogP contribution is -2.35. The van der Waals surface area contributed by atoms with Gasteiger partial charge in [0.2, 0.25) is 5.91 Å². The Morgan fingerprint density at radius 3 is 2.10 bits per heavy atom. The van der Waals surface area contributed by atoms with Crippen molar-refractivity contribution in [1.82, 2.24) is 54.0 Å². The molecule has 448 valence electrons. The van der Waals surface area contributed by atoms with Gasteiger partial charge in [-0.15, -0.1) is 16.9 Å². The van der Waals surface area contributed by atoms with E-state index < -0.39 is 78.0 Å². The first-order chi connectivity index (χ1) is 42.3. The standard InChI is InChI=1S/C55H53BF2N14O12P2S/c1-2-40(73)69-21-32-7-3-4-8-35(32)43-46(36-9-5-6-10-37(36)69)72(68-67-43)19-20-78-33-17-13-31(14-18-33)55(74)80-34-15-11-30(12-16-34)24-87-29-77-22-38-48(42(58)54(81-38)71-28-66-45-50(60)62-26-64-52(45)71)84-86(56,76)79-23-39-47(83-85-75)41(57)53(82-39)70-27-65-44-49(59)61-25-63-51(44)70/h3-18,25-28,38-39,41-42,47-48,53-54H,2,19-24,29,56H2,1H3,(H2,59,61,63)(H2,60,62,64)/t38-,39-,41-,42-,47-,48-,53-,54-,86?/m1/s1. The maximum Gasteiger partial charge on any atom is 0.343 e. The Balaban J connectivity index is 0.635. The van der Waals surface area contributed by atoms with E-state index in [-0.39, 0.29) is 59.0 Å². The highest BCUT2D eigenvalue weighted by Gasteiger charge is 2.52. The van der Waals surface area contributed by atoms with E-state index in [1.807, 2.05) is 60.4 Å². The minimum atomic E-state index is -4.26. The Hall–Kier alpha value is -8.18. The van der Waals surface area contributed by atoms with Gasteiger partial charge in [0.1, 0.15) is 71.9 Å². The molecule has 0 spiro atoms. The summed E-state index contributed by atoms with van der Waals surface area (Å²) < 4.78 is 110. The number of aromatic nitrogens is 11. The van der Waals surface area contributed by atoms with Gasteiger partial charge in [-0.25, -0.2) is 52.7 Å². The summed E-state index contributed by atoms with van der Waals surface area (Å²) in [7, 11) is -4.02. The lowest BCUT2D eigenvalue weighted by molar-refractivity contribution is -0.118. The van der Waals surface area contributed by atoms with Crippen LogP contribution in [0.4, 0.5) is 26.1 Å². The van der Waals surface area contributed by atoms with Gasteiger partial charge in [-0.2, -0.15) is 0 Å². The van der Waals surface area contributed by atoms with Crippen LogP contribution in [0.15, 0.2) is 122 Å². The number of ether oxygens (including phenoxy) is 5. The van der Waals surface area contributed by atoms with E-state index in [4.69, 9.17) is 48.7 Å². The Bertz CT molecular complexity index is 4040. The molecule has 5 aromatic heterocycles. The molecule has 3 aliphatic heterocycles. The molecule has 0 saturated carbocycles. The highest BCUT2D eigenvalue weighted by atomic mass is 32.2. The first-order valence-electron chi connectivity index (χ1n) is 27.2. The van der Waals surface area contributed by atoms with Crippen LogP contribution < -0.4 is 25.8 Å². The average Bonchev–Trinajstić information content (AvgIpc) is 1.81. The number of esters is 1. The van der Waals surface area contributed by atoms with Gasteiger partial charge in [0.05, 0.1) is 61.8 Å². The van der Waals surface area contributed by atoms with Crippen molar-refractivity contribution in [2.75, 3.05) is 42.1 Å². The molecule has 0 aliphatic carbocycles. The average molecular weight is 1240 g/mol. The van der Waals surface area contributed by atoms with Crippen LogP contribution in [0, 0.1) is 0 Å². The van der Waals surface area contributed by atoms with Gasteiger partial charge in [-0.1, -0.05) is 66.7 Å². The second-order valence-electron chi connectivity index (χ2n) is 20.2. The van der Waals surface area contributed by atoms with Crippen LogP contribution in [0.25, 0.3) is 44.8 Å². The third-order valence-electron chi connectivity index (χ3n) is 14.7. The number of halogens is 2. The molecular weight excluding hydrogens is 1190 g/mol. The van der Waals surface area contributed by atoms with Gasteiger partial charge >= 0.3 is 14.7 Å². The zero-order chi connectivity index (χ0) is 60.3. The first-order valence-corrected chi connectivity index (χ1v) is 31.1. The predicted octanol–water partition coefficient (Wildman–Crippen LogP) is 7.42. The number of benzene rings is 4. The van der Waals surface area contributed by atoms with Crippen molar-refractivity contribution >= 4 is 87.0 Å². The molecule has 0 bridgehead atoms. The van der Waals surface area contributed by atoms with Crippen molar-refractivity contribution in [3.63, 3.8) is 0 Å². The van der Waals surface area contributed by atoms with Gasteiger partial charge in [0, 0.05) is 23.3 Å². The van der Waals surface area contributed by atoms with Gasteiger partial charge < -0.3 is 49.1 Å². The summed E-state index contributed by atoms with van der Waals surface area (Å²) in [6.45, 7) is 2.00. The maximum absolute atomic E-state index is 16.8. The number of nitrogens with two attached hydrogens (primary N) is 2. The number of carbonyl (C=O) groups is 2. The number of fused-ring (bicyclic) bond motifs is 7. The Labute approximate surface area is 500 Å². The number of hydrogen-bond acceptors (Lipinski definition) is 23. The van der Waals surface area contributed by atoms with Crippen LogP contribution in [0.3, 0.4) is 0 Å². The Kier molecular flexibility index (Phi) is 17.4. The number of thioether (sulfide) groups is 1. The van der Waals surface area contributed by atoms with Gasteiger partial charge in [-0.05, 0) is 53.6 Å². The van der Waals surface area contributed by atoms with Crippen LogP contribution in [0.2, 0.25) is 0 Å². The van der Waals surface area contributed by atoms with E-state index in [0.29, 0.717) is 42.3 Å². The molecule has 9 atom stereocenters. The summed E-state index contributed by atoms with van der Waals surface area (Å²) in [4.78, 5) is 52.9. The summed E-state index contributed by atoms with van der Waals surface area (Å²) in [5.74, 6) is 0.959. The van der Waals surface area contributed by atoms with Crippen LogP contribution in [-0.2, 0) is 60.5 Å². The highest BCUT2D eigenvalue weighted by Crippen LogP contribution is 2.50. The second kappa shape index (κ2) is 25.6. The van der Waals surface area contributed by atoms with Gasteiger partial charge in [-0.3, -0.25) is 23.0 Å². The van der Waals surface area contributed by atoms with E-state index in [0.717, 1.165) is 46.9 Å². The van der Waals surface area contributed by atoms with Crippen LogP contribution >= 0.6 is 27.9 Å². The molecule has 0 radical (unpaired) electrons. The fourth-order valence-electron chi connectivity index (χ4n) is 10.5. The summed E-state index contributed by atoms with van der Waals surface area (Å²) in [5.41, 5.74) is 18.8. The van der Waals surface area contributed by atoms with Crippen molar-refractivity contribution in [2.45, 2.75) is 81.4 Å². The number of nitrogen functional groups attached to an aromatic ring is 2. The van der Waals surface area contributed by atoms with Crippen molar-refractivity contribution in [3.8, 4) is 34.0 Å². The number of nitrogens with zero attached hydrogens (tertiary/aromatic N) is 12. The maximum atomic E-state index is 16.8. The molecule has 26 nitrogen and oxygen atoms in total. The lowest BCUT2D eigenvalue weighted by atomic mass is 9.95. The quantitative estimate of drug-likeness (QED) is 0.0166. The molecule has 4 N–H and O–H groups in total. The highest BCUT2D eigenvalue weighted by molar-refractivity contribution is 7.98. The first kappa shape index (κ1) is 59.2.